The number of nitrogens with zero attached hydrogens (tertiary/aromatic N) is 1. The van der Waals surface area contributed by atoms with Crippen LogP contribution >= 0.6 is 35.6 Å². The Balaban J connectivity index is 0.00000112. The summed E-state index contributed by atoms with van der Waals surface area (Å²) < 4.78 is 0. The molecule has 1 aromatic rings. The number of rotatable bonds is 1. The quantitative estimate of drug-likeness (QED) is 0.728. The van der Waals surface area contributed by atoms with Crippen LogP contribution < -0.4 is 4.90 Å². The second kappa shape index (κ2) is 5.83. The fourth-order valence-electron chi connectivity index (χ4n) is 1.87. The fraction of sp³-hybridized carbons (Fsp3) is 0.455. The number of hydrogen-bond acceptors (Lipinski definition) is 1. The molecule has 84 valence electrons. The lowest BCUT2D eigenvalue weighted by Crippen LogP contribution is -2.29. The zero-order chi connectivity index (χ0) is 9.97. The van der Waals surface area contributed by atoms with Crippen LogP contribution in [0, 0.1) is 0 Å². The molecule has 1 aliphatic heterocycles. The van der Waals surface area contributed by atoms with Crippen LogP contribution in [0.3, 0.4) is 0 Å². The number of halogens is 3. The van der Waals surface area contributed by atoms with Gasteiger partial charge in [0.1, 0.15) is 0 Å². The third-order valence-electron chi connectivity index (χ3n) is 2.63. The van der Waals surface area contributed by atoms with Gasteiger partial charge in [-0.05, 0) is 31.4 Å². The summed E-state index contributed by atoms with van der Waals surface area (Å²) in [6, 6.07) is 5.83. The van der Waals surface area contributed by atoms with Gasteiger partial charge >= 0.3 is 0 Å². The number of anilines is 1. The van der Waals surface area contributed by atoms with Crippen molar-refractivity contribution in [3.05, 3.63) is 28.2 Å². The van der Waals surface area contributed by atoms with Gasteiger partial charge < -0.3 is 4.90 Å². The molecule has 0 aromatic heterocycles. The minimum atomic E-state index is 0. The maximum atomic E-state index is 6.15. The number of hydrogen-bond donors (Lipinski definition) is 0. The lowest BCUT2D eigenvalue weighted by molar-refractivity contribution is 0.578. The lowest BCUT2D eigenvalue weighted by atomic mass is 10.1. The molecule has 0 unspecified atom stereocenters. The molecule has 1 nitrogen and oxygen atoms in total. The van der Waals surface area contributed by atoms with Gasteiger partial charge in [-0.1, -0.05) is 29.3 Å². The van der Waals surface area contributed by atoms with Crippen molar-refractivity contribution in [1.29, 1.82) is 0 Å². The van der Waals surface area contributed by atoms with Crippen LogP contribution in [-0.2, 0) is 0 Å². The number of benzene rings is 1. The van der Waals surface area contributed by atoms with Crippen molar-refractivity contribution in [1.82, 2.24) is 0 Å². The predicted octanol–water partition coefficient (Wildman–Crippen LogP) is 4.41. The van der Waals surface area contributed by atoms with Crippen LogP contribution in [0.2, 0.25) is 10.0 Å². The fourth-order valence-corrected chi connectivity index (χ4v) is 2.29. The summed E-state index contributed by atoms with van der Waals surface area (Å²) in [5, 5.41) is 1.34. The third kappa shape index (κ3) is 2.93. The van der Waals surface area contributed by atoms with Crippen molar-refractivity contribution in [2.45, 2.75) is 19.3 Å². The molecule has 0 aliphatic carbocycles. The van der Waals surface area contributed by atoms with Gasteiger partial charge in [-0.2, -0.15) is 0 Å². The van der Waals surface area contributed by atoms with E-state index in [2.05, 4.69) is 4.90 Å². The van der Waals surface area contributed by atoms with Crippen LogP contribution in [0.25, 0.3) is 0 Å². The zero-order valence-corrected chi connectivity index (χ0v) is 10.7. The second-order valence-electron chi connectivity index (χ2n) is 3.62. The topological polar surface area (TPSA) is 3.24 Å². The summed E-state index contributed by atoms with van der Waals surface area (Å²) in [7, 11) is 0. The van der Waals surface area contributed by atoms with Crippen LogP contribution in [0.5, 0.6) is 0 Å². The van der Waals surface area contributed by atoms with Crippen molar-refractivity contribution >= 4 is 41.3 Å². The van der Waals surface area contributed by atoms with E-state index in [1.54, 1.807) is 0 Å². The van der Waals surface area contributed by atoms with Gasteiger partial charge in [0.25, 0.3) is 0 Å². The van der Waals surface area contributed by atoms with Crippen LogP contribution in [0.15, 0.2) is 18.2 Å². The van der Waals surface area contributed by atoms with E-state index in [1.807, 2.05) is 18.2 Å². The van der Waals surface area contributed by atoms with Gasteiger partial charge in [0.2, 0.25) is 0 Å². The van der Waals surface area contributed by atoms with Gasteiger partial charge in [-0.15, -0.1) is 12.4 Å². The molecule has 1 aliphatic rings. The summed E-state index contributed by atoms with van der Waals surface area (Å²) in [5.41, 5.74) is 1.08. The van der Waals surface area contributed by atoms with Crippen molar-refractivity contribution in [3.63, 3.8) is 0 Å². The van der Waals surface area contributed by atoms with Gasteiger partial charge in [0.05, 0.1) is 15.7 Å². The normalized spacial score (nSPS) is 16.0. The highest BCUT2D eigenvalue weighted by molar-refractivity contribution is 6.43. The zero-order valence-electron chi connectivity index (χ0n) is 8.38. The van der Waals surface area contributed by atoms with Gasteiger partial charge in [0.15, 0.2) is 0 Å². The van der Waals surface area contributed by atoms with Crippen LogP contribution in [0.1, 0.15) is 19.3 Å². The molecule has 1 saturated heterocycles. The molecule has 2 rings (SSSR count). The minimum absolute atomic E-state index is 0. The molecule has 0 N–H and O–H groups in total. The second-order valence-corrected chi connectivity index (χ2v) is 4.41. The first kappa shape index (κ1) is 13.0. The number of piperidine rings is 1. The Hall–Kier alpha value is -0.110. The average molecular weight is 267 g/mol. The minimum Gasteiger partial charge on any atom is -0.370 e. The maximum Gasteiger partial charge on any atom is 0.0825 e. The van der Waals surface area contributed by atoms with E-state index >= 15 is 0 Å². The Morgan fingerprint density at radius 1 is 1.00 bits per heavy atom. The SMILES string of the molecule is Cl.Clc1cccc(N2CCCCC2)c1Cl. The molecule has 0 spiro atoms. The van der Waals surface area contributed by atoms with Crippen molar-refractivity contribution in [2.24, 2.45) is 0 Å². The molecule has 4 heteroatoms. The summed E-state index contributed by atoms with van der Waals surface area (Å²) in [6.45, 7) is 2.19. The first-order chi connectivity index (χ1) is 6.79. The summed E-state index contributed by atoms with van der Waals surface area (Å²) in [6.07, 6.45) is 3.83. The first-order valence-corrected chi connectivity index (χ1v) is 5.73. The molecule has 0 bridgehead atoms. The summed E-state index contributed by atoms with van der Waals surface area (Å²) >= 11 is 12.1. The highest BCUT2D eigenvalue weighted by atomic mass is 35.5. The molecule has 1 fully saturated rings. The average Bonchev–Trinajstić information content (AvgIpc) is 2.23. The standard InChI is InChI=1S/C11H13Cl2N.ClH/c12-9-5-4-6-10(11(9)13)14-7-2-1-3-8-14;/h4-6H,1-3,7-8H2;1H. The summed E-state index contributed by atoms with van der Waals surface area (Å²) in [4.78, 5) is 2.32. The molecule has 0 atom stereocenters. The first-order valence-electron chi connectivity index (χ1n) is 4.98. The highest BCUT2D eigenvalue weighted by Gasteiger charge is 2.14. The van der Waals surface area contributed by atoms with E-state index in [0.29, 0.717) is 10.0 Å². The van der Waals surface area contributed by atoms with E-state index in [9.17, 15) is 0 Å². The Morgan fingerprint density at radius 2 is 1.67 bits per heavy atom. The molecular weight excluding hydrogens is 252 g/mol. The summed E-state index contributed by atoms with van der Waals surface area (Å²) in [5.74, 6) is 0. The molecule has 1 aromatic carbocycles. The monoisotopic (exact) mass is 265 g/mol. The predicted molar refractivity (Wildman–Crippen MR) is 69.8 cm³/mol. The van der Waals surface area contributed by atoms with E-state index in [1.165, 1.54) is 19.3 Å². The van der Waals surface area contributed by atoms with E-state index in [-0.39, 0.29) is 12.4 Å². The molecule has 0 saturated carbocycles. The Morgan fingerprint density at radius 3 is 2.33 bits per heavy atom. The molecular formula is C11H14Cl3N. The Labute approximate surface area is 107 Å². The molecule has 0 amide bonds. The smallest absolute Gasteiger partial charge is 0.0825 e. The third-order valence-corrected chi connectivity index (χ3v) is 3.44. The van der Waals surface area contributed by atoms with Gasteiger partial charge in [-0.3, -0.25) is 0 Å². The van der Waals surface area contributed by atoms with Crippen LogP contribution in [0.4, 0.5) is 5.69 Å². The molecule has 1 heterocycles. The van der Waals surface area contributed by atoms with Crippen molar-refractivity contribution < 1.29 is 0 Å². The van der Waals surface area contributed by atoms with Gasteiger partial charge in [-0.25, -0.2) is 0 Å². The Bertz CT molecular complexity index is 322. The van der Waals surface area contributed by atoms with E-state index in [0.717, 1.165) is 18.8 Å². The highest BCUT2D eigenvalue weighted by Crippen LogP contribution is 2.33. The van der Waals surface area contributed by atoms with Crippen molar-refractivity contribution in [2.75, 3.05) is 18.0 Å². The maximum absolute atomic E-state index is 6.15. The molecule has 15 heavy (non-hydrogen) atoms. The lowest BCUT2D eigenvalue weighted by Gasteiger charge is -2.29. The largest absolute Gasteiger partial charge is 0.370 e. The van der Waals surface area contributed by atoms with E-state index in [4.69, 9.17) is 23.2 Å². The molecule has 0 radical (unpaired) electrons. The van der Waals surface area contributed by atoms with Gasteiger partial charge in [0, 0.05) is 13.1 Å². The Kier molecular flexibility index (Phi) is 5.04. The van der Waals surface area contributed by atoms with Crippen molar-refractivity contribution in [3.8, 4) is 0 Å². The van der Waals surface area contributed by atoms with Crippen LogP contribution in [-0.4, -0.2) is 13.1 Å². The van der Waals surface area contributed by atoms with E-state index < -0.39 is 0 Å².